The van der Waals surface area contributed by atoms with E-state index in [9.17, 15) is 0 Å². The van der Waals surface area contributed by atoms with Gasteiger partial charge in [0.05, 0.1) is 11.6 Å². The number of hydrogen-bond acceptors (Lipinski definition) is 2. The Balaban J connectivity index is 2.25. The first-order chi connectivity index (χ1) is 8.72. The van der Waals surface area contributed by atoms with Gasteiger partial charge in [-0.05, 0) is 48.4 Å². The lowest BCUT2D eigenvalue weighted by molar-refractivity contribution is 1.12. The normalized spacial score (nSPS) is 10.1. The standard InChI is InChI=1S/C15H12ClNS/c1-2-11-3-6-15(9-12(11)10-17)18-14-7-4-13(16)5-8-14/h3-9H,2H2,1H3. The van der Waals surface area contributed by atoms with E-state index in [1.54, 1.807) is 11.8 Å². The summed E-state index contributed by atoms with van der Waals surface area (Å²) in [4.78, 5) is 2.19. The van der Waals surface area contributed by atoms with E-state index in [-0.39, 0.29) is 0 Å². The van der Waals surface area contributed by atoms with E-state index in [1.165, 1.54) is 0 Å². The Hall–Kier alpha value is -1.43. The minimum Gasteiger partial charge on any atom is -0.192 e. The number of aryl methyl sites for hydroxylation is 1. The molecule has 3 heteroatoms. The topological polar surface area (TPSA) is 23.8 Å². The van der Waals surface area contributed by atoms with Crippen LogP contribution in [0.1, 0.15) is 18.1 Å². The van der Waals surface area contributed by atoms with Crippen molar-refractivity contribution < 1.29 is 0 Å². The van der Waals surface area contributed by atoms with E-state index in [2.05, 4.69) is 19.1 Å². The van der Waals surface area contributed by atoms with E-state index in [0.717, 1.165) is 32.4 Å². The predicted octanol–water partition coefficient (Wildman–Crippen LogP) is 4.93. The van der Waals surface area contributed by atoms with Crippen LogP contribution in [0.25, 0.3) is 0 Å². The molecule has 0 radical (unpaired) electrons. The molecule has 0 spiro atoms. The molecule has 0 aliphatic heterocycles. The summed E-state index contributed by atoms with van der Waals surface area (Å²) in [7, 11) is 0. The van der Waals surface area contributed by atoms with Gasteiger partial charge >= 0.3 is 0 Å². The van der Waals surface area contributed by atoms with Crippen LogP contribution in [-0.2, 0) is 6.42 Å². The second kappa shape index (κ2) is 5.95. The maximum Gasteiger partial charge on any atom is 0.0994 e. The van der Waals surface area contributed by atoms with E-state index in [4.69, 9.17) is 16.9 Å². The first-order valence-corrected chi connectivity index (χ1v) is 6.89. The molecule has 2 aromatic rings. The minimum absolute atomic E-state index is 0.735. The van der Waals surface area contributed by atoms with Gasteiger partial charge in [-0.3, -0.25) is 0 Å². The molecule has 0 saturated carbocycles. The Labute approximate surface area is 116 Å². The summed E-state index contributed by atoms with van der Waals surface area (Å²) in [5.74, 6) is 0. The number of rotatable bonds is 3. The smallest absolute Gasteiger partial charge is 0.0994 e. The van der Waals surface area contributed by atoms with Crippen molar-refractivity contribution in [1.29, 1.82) is 5.26 Å². The molecule has 0 saturated heterocycles. The molecule has 0 bridgehead atoms. The Morgan fingerprint density at radius 1 is 1.11 bits per heavy atom. The maximum atomic E-state index is 9.10. The van der Waals surface area contributed by atoms with Crippen molar-refractivity contribution in [3.8, 4) is 6.07 Å². The number of nitrogens with zero attached hydrogens (tertiary/aromatic N) is 1. The van der Waals surface area contributed by atoms with Crippen LogP contribution < -0.4 is 0 Å². The Morgan fingerprint density at radius 3 is 2.39 bits per heavy atom. The van der Waals surface area contributed by atoms with Crippen molar-refractivity contribution in [3.05, 3.63) is 58.6 Å². The molecule has 0 atom stereocenters. The highest BCUT2D eigenvalue weighted by Crippen LogP contribution is 2.29. The highest BCUT2D eigenvalue weighted by Gasteiger charge is 2.03. The summed E-state index contributed by atoms with van der Waals surface area (Å²) in [5, 5.41) is 9.83. The van der Waals surface area contributed by atoms with Crippen LogP contribution in [-0.4, -0.2) is 0 Å². The predicted molar refractivity (Wildman–Crippen MR) is 76.1 cm³/mol. The van der Waals surface area contributed by atoms with Crippen molar-refractivity contribution >= 4 is 23.4 Å². The third kappa shape index (κ3) is 3.07. The fourth-order valence-electron chi connectivity index (χ4n) is 1.67. The van der Waals surface area contributed by atoms with Crippen LogP contribution in [0.3, 0.4) is 0 Å². The lowest BCUT2D eigenvalue weighted by Gasteiger charge is -2.05. The van der Waals surface area contributed by atoms with E-state index in [0.29, 0.717) is 0 Å². The van der Waals surface area contributed by atoms with Gasteiger partial charge in [0.25, 0.3) is 0 Å². The summed E-state index contributed by atoms with van der Waals surface area (Å²) in [6.45, 7) is 2.06. The van der Waals surface area contributed by atoms with Gasteiger partial charge in [-0.2, -0.15) is 5.26 Å². The first kappa shape index (κ1) is 13.0. The quantitative estimate of drug-likeness (QED) is 0.792. The van der Waals surface area contributed by atoms with Crippen molar-refractivity contribution in [3.63, 3.8) is 0 Å². The van der Waals surface area contributed by atoms with Gasteiger partial charge in [-0.25, -0.2) is 0 Å². The Morgan fingerprint density at radius 2 is 1.78 bits per heavy atom. The molecule has 0 heterocycles. The average molecular weight is 274 g/mol. The summed E-state index contributed by atoms with van der Waals surface area (Å²) in [5.41, 5.74) is 1.86. The molecule has 1 nitrogen and oxygen atoms in total. The number of halogens is 1. The monoisotopic (exact) mass is 273 g/mol. The third-order valence-electron chi connectivity index (χ3n) is 2.63. The zero-order valence-corrected chi connectivity index (χ0v) is 11.6. The third-order valence-corrected chi connectivity index (χ3v) is 3.88. The van der Waals surface area contributed by atoms with Crippen LogP contribution in [0.2, 0.25) is 5.02 Å². The molecule has 0 aromatic heterocycles. The van der Waals surface area contributed by atoms with Crippen LogP contribution in [0.15, 0.2) is 52.3 Å². The summed E-state index contributed by atoms with van der Waals surface area (Å²) >= 11 is 7.48. The highest BCUT2D eigenvalue weighted by atomic mass is 35.5. The van der Waals surface area contributed by atoms with Crippen molar-refractivity contribution in [2.24, 2.45) is 0 Å². The molecular formula is C15H12ClNS. The molecule has 90 valence electrons. The fourth-order valence-corrected chi connectivity index (χ4v) is 2.65. The molecule has 0 aliphatic rings. The van der Waals surface area contributed by atoms with Gasteiger partial charge in [0, 0.05) is 14.8 Å². The van der Waals surface area contributed by atoms with Crippen LogP contribution >= 0.6 is 23.4 Å². The molecule has 0 amide bonds. The molecule has 18 heavy (non-hydrogen) atoms. The SMILES string of the molecule is CCc1ccc(Sc2ccc(Cl)cc2)cc1C#N. The van der Waals surface area contributed by atoms with E-state index < -0.39 is 0 Å². The summed E-state index contributed by atoms with van der Waals surface area (Å²) in [6.07, 6.45) is 0.884. The molecule has 2 rings (SSSR count). The van der Waals surface area contributed by atoms with Crippen LogP contribution in [0.4, 0.5) is 0 Å². The van der Waals surface area contributed by atoms with E-state index >= 15 is 0 Å². The lowest BCUT2D eigenvalue weighted by Crippen LogP contribution is -1.87. The van der Waals surface area contributed by atoms with Crippen molar-refractivity contribution in [1.82, 2.24) is 0 Å². The zero-order valence-electron chi connectivity index (χ0n) is 9.98. The number of hydrogen-bond donors (Lipinski definition) is 0. The average Bonchev–Trinajstić information content (AvgIpc) is 2.41. The molecule has 0 aliphatic carbocycles. The highest BCUT2D eigenvalue weighted by molar-refractivity contribution is 7.99. The molecule has 0 fully saturated rings. The van der Waals surface area contributed by atoms with Gasteiger partial charge < -0.3 is 0 Å². The van der Waals surface area contributed by atoms with E-state index in [1.807, 2.05) is 36.4 Å². The number of nitriles is 1. The van der Waals surface area contributed by atoms with Crippen molar-refractivity contribution in [2.75, 3.05) is 0 Å². The van der Waals surface area contributed by atoms with Gasteiger partial charge in [-0.15, -0.1) is 0 Å². The lowest BCUT2D eigenvalue weighted by atomic mass is 10.1. The molecule has 2 aromatic carbocycles. The van der Waals surface area contributed by atoms with Gasteiger partial charge in [0.2, 0.25) is 0 Å². The first-order valence-electron chi connectivity index (χ1n) is 5.69. The molecule has 0 unspecified atom stereocenters. The fraction of sp³-hybridized carbons (Fsp3) is 0.133. The molecule has 0 N–H and O–H groups in total. The second-order valence-electron chi connectivity index (χ2n) is 3.84. The molecular weight excluding hydrogens is 262 g/mol. The minimum atomic E-state index is 0.735. The Bertz CT molecular complexity index is 584. The Kier molecular flexibility index (Phi) is 4.30. The summed E-state index contributed by atoms with van der Waals surface area (Å²) in [6, 6.07) is 16.0. The summed E-state index contributed by atoms with van der Waals surface area (Å²) < 4.78 is 0. The van der Waals surface area contributed by atoms with Gasteiger partial charge in [-0.1, -0.05) is 36.4 Å². The largest absolute Gasteiger partial charge is 0.192 e. The number of benzene rings is 2. The second-order valence-corrected chi connectivity index (χ2v) is 5.42. The van der Waals surface area contributed by atoms with Crippen LogP contribution in [0, 0.1) is 11.3 Å². The van der Waals surface area contributed by atoms with Gasteiger partial charge in [0.1, 0.15) is 0 Å². The van der Waals surface area contributed by atoms with Gasteiger partial charge in [0.15, 0.2) is 0 Å². The maximum absolute atomic E-state index is 9.10. The van der Waals surface area contributed by atoms with Crippen LogP contribution in [0.5, 0.6) is 0 Å². The zero-order chi connectivity index (χ0) is 13.0. The van der Waals surface area contributed by atoms with Crippen molar-refractivity contribution in [2.45, 2.75) is 23.1 Å².